The van der Waals surface area contributed by atoms with Crippen molar-refractivity contribution in [2.24, 2.45) is 0 Å². The topological polar surface area (TPSA) is 63.2 Å². The van der Waals surface area contributed by atoms with Crippen LogP contribution in [0.2, 0.25) is 0 Å². The fourth-order valence-corrected chi connectivity index (χ4v) is 2.92. The Morgan fingerprint density at radius 1 is 1.00 bits per heavy atom. The smallest absolute Gasteiger partial charge is 0.261 e. The van der Waals surface area contributed by atoms with Crippen LogP contribution in [-0.4, -0.2) is 14.2 Å². The van der Waals surface area contributed by atoms with E-state index in [4.69, 9.17) is 0 Å². The zero-order valence-electron chi connectivity index (χ0n) is 10.6. The van der Waals surface area contributed by atoms with Gasteiger partial charge < -0.3 is 0 Å². The van der Waals surface area contributed by atoms with Gasteiger partial charge in [-0.15, -0.1) is 0 Å². The van der Waals surface area contributed by atoms with E-state index in [-0.39, 0.29) is 10.7 Å². The van der Waals surface area contributed by atoms with E-state index in [2.05, 4.69) is 20.7 Å². The van der Waals surface area contributed by atoms with Crippen molar-refractivity contribution in [3.63, 3.8) is 0 Å². The van der Waals surface area contributed by atoms with Crippen molar-refractivity contribution >= 4 is 37.4 Å². The largest absolute Gasteiger partial charge is 0.295 e. The summed E-state index contributed by atoms with van der Waals surface area (Å²) in [4.78, 5) is 11.3. The third-order valence-electron chi connectivity index (χ3n) is 2.67. The second-order valence-corrected chi connectivity index (χ2v) is 6.79. The van der Waals surface area contributed by atoms with Gasteiger partial charge in [0.25, 0.3) is 10.0 Å². The maximum Gasteiger partial charge on any atom is 0.261 e. The Morgan fingerprint density at radius 2 is 1.55 bits per heavy atom. The lowest BCUT2D eigenvalue weighted by Crippen LogP contribution is -2.13. The summed E-state index contributed by atoms with van der Waals surface area (Å²) >= 11 is 3.28. The summed E-state index contributed by atoms with van der Waals surface area (Å²) in [6.07, 6.45) is 0. The number of sulfonamides is 1. The predicted octanol–water partition coefficient (Wildman–Crippen LogP) is 3.45. The molecule has 1 N–H and O–H groups in total. The van der Waals surface area contributed by atoms with Crippen molar-refractivity contribution in [1.82, 2.24) is 0 Å². The highest BCUT2D eigenvalue weighted by atomic mass is 79.9. The van der Waals surface area contributed by atoms with Gasteiger partial charge in [0.05, 0.1) is 4.90 Å². The summed E-state index contributed by atoms with van der Waals surface area (Å²) < 4.78 is 27.7. The molecule has 0 amide bonds. The number of benzene rings is 2. The molecule has 4 nitrogen and oxygen atoms in total. The Balaban J connectivity index is 2.26. The van der Waals surface area contributed by atoms with Gasteiger partial charge in [-0.2, -0.15) is 0 Å². The number of carbonyl (C=O) groups is 1. The summed E-state index contributed by atoms with van der Waals surface area (Å²) in [6.45, 7) is 1.43. The van der Waals surface area contributed by atoms with E-state index in [1.165, 1.54) is 31.2 Å². The van der Waals surface area contributed by atoms with Crippen LogP contribution < -0.4 is 4.72 Å². The van der Waals surface area contributed by atoms with Crippen LogP contribution in [0.25, 0.3) is 0 Å². The second kappa shape index (κ2) is 5.76. The SMILES string of the molecule is CC(=O)c1ccc(S(=O)(=O)Nc2ccc(Br)cc2)cc1. The zero-order chi connectivity index (χ0) is 14.8. The molecule has 0 aliphatic carbocycles. The van der Waals surface area contributed by atoms with Gasteiger partial charge in [0.15, 0.2) is 5.78 Å². The maximum absolute atomic E-state index is 12.2. The average Bonchev–Trinajstić information content (AvgIpc) is 2.41. The van der Waals surface area contributed by atoms with Gasteiger partial charge in [-0.3, -0.25) is 9.52 Å². The third-order valence-corrected chi connectivity index (χ3v) is 4.59. The summed E-state index contributed by atoms with van der Waals surface area (Å²) in [5, 5.41) is 0. The van der Waals surface area contributed by atoms with E-state index in [1.807, 2.05) is 0 Å². The van der Waals surface area contributed by atoms with Crippen molar-refractivity contribution in [3.05, 3.63) is 58.6 Å². The van der Waals surface area contributed by atoms with Crippen molar-refractivity contribution in [2.45, 2.75) is 11.8 Å². The maximum atomic E-state index is 12.2. The molecule has 0 atom stereocenters. The van der Waals surface area contributed by atoms with Crippen LogP contribution in [-0.2, 0) is 10.0 Å². The van der Waals surface area contributed by atoms with Gasteiger partial charge in [-0.25, -0.2) is 8.42 Å². The molecule has 20 heavy (non-hydrogen) atoms. The average molecular weight is 354 g/mol. The molecule has 6 heteroatoms. The summed E-state index contributed by atoms with van der Waals surface area (Å²) in [7, 11) is -3.65. The number of halogens is 1. The third kappa shape index (κ3) is 3.46. The normalized spacial score (nSPS) is 11.1. The number of rotatable bonds is 4. The number of hydrogen-bond donors (Lipinski definition) is 1. The minimum atomic E-state index is -3.65. The monoisotopic (exact) mass is 353 g/mol. The first-order valence-corrected chi connectivity index (χ1v) is 8.05. The Morgan fingerprint density at radius 3 is 2.05 bits per heavy atom. The first kappa shape index (κ1) is 14.7. The van der Waals surface area contributed by atoms with E-state index >= 15 is 0 Å². The van der Waals surface area contributed by atoms with Crippen molar-refractivity contribution in [1.29, 1.82) is 0 Å². The summed E-state index contributed by atoms with van der Waals surface area (Å²) in [5.74, 6) is -0.102. The van der Waals surface area contributed by atoms with Gasteiger partial charge >= 0.3 is 0 Å². The van der Waals surface area contributed by atoms with Crippen molar-refractivity contribution in [2.75, 3.05) is 4.72 Å². The van der Waals surface area contributed by atoms with Crippen LogP contribution in [0.15, 0.2) is 57.9 Å². The Labute approximate surface area is 126 Å². The first-order valence-electron chi connectivity index (χ1n) is 5.78. The molecule has 2 rings (SSSR count). The lowest BCUT2D eigenvalue weighted by molar-refractivity contribution is 0.101. The summed E-state index contributed by atoms with van der Waals surface area (Å²) in [5.41, 5.74) is 0.955. The van der Waals surface area contributed by atoms with Crippen LogP contribution >= 0.6 is 15.9 Å². The first-order chi connectivity index (χ1) is 9.38. The number of ketones is 1. The van der Waals surface area contributed by atoms with Crippen molar-refractivity contribution < 1.29 is 13.2 Å². The molecule has 0 unspecified atom stereocenters. The Hall–Kier alpha value is -1.66. The van der Waals surface area contributed by atoms with Crippen LogP contribution in [0.1, 0.15) is 17.3 Å². The lowest BCUT2D eigenvalue weighted by atomic mass is 10.2. The number of Topliss-reactive ketones (excluding diaryl/α,β-unsaturated/α-hetero) is 1. The summed E-state index contributed by atoms with van der Waals surface area (Å²) in [6, 6.07) is 12.6. The molecule has 0 saturated carbocycles. The molecule has 0 fully saturated rings. The van der Waals surface area contributed by atoms with Crippen LogP contribution in [0, 0.1) is 0 Å². The highest BCUT2D eigenvalue weighted by Crippen LogP contribution is 2.19. The van der Waals surface area contributed by atoms with Crippen LogP contribution in [0.3, 0.4) is 0 Å². The molecule has 0 heterocycles. The molecule has 104 valence electrons. The molecular formula is C14H12BrNO3S. The molecule has 0 saturated heterocycles. The molecule has 2 aromatic carbocycles. The predicted molar refractivity (Wildman–Crippen MR) is 81.4 cm³/mol. The minimum Gasteiger partial charge on any atom is -0.295 e. The molecule has 0 bridgehead atoms. The number of anilines is 1. The number of hydrogen-bond acceptors (Lipinski definition) is 3. The Kier molecular flexibility index (Phi) is 4.25. The quantitative estimate of drug-likeness (QED) is 0.856. The standard InChI is InChI=1S/C14H12BrNO3S/c1-10(17)11-2-8-14(9-3-11)20(18,19)16-13-6-4-12(15)5-7-13/h2-9,16H,1H3. The lowest BCUT2D eigenvalue weighted by Gasteiger charge is -2.08. The second-order valence-electron chi connectivity index (χ2n) is 4.19. The molecule has 0 spiro atoms. The van der Waals surface area contributed by atoms with E-state index in [9.17, 15) is 13.2 Å². The van der Waals surface area contributed by atoms with E-state index in [0.717, 1.165) is 4.47 Å². The van der Waals surface area contributed by atoms with Gasteiger partial charge in [0.2, 0.25) is 0 Å². The van der Waals surface area contributed by atoms with Crippen LogP contribution in [0.4, 0.5) is 5.69 Å². The Bertz CT molecular complexity index is 722. The molecule has 0 aliphatic heterocycles. The molecule has 0 aliphatic rings. The van der Waals surface area contributed by atoms with Gasteiger partial charge in [-0.1, -0.05) is 28.1 Å². The van der Waals surface area contributed by atoms with E-state index in [1.54, 1.807) is 24.3 Å². The minimum absolute atomic E-state index is 0.102. The van der Waals surface area contributed by atoms with Crippen molar-refractivity contribution in [3.8, 4) is 0 Å². The van der Waals surface area contributed by atoms with E-state index < -0.39 is 10.0 Å². The number of carbonyl (C=O) groups excluding carboxylic acids is 1. The molecule has 2 aromatic rings. The van der Waals surface area contributed by atoms with Gasteiger partial charge in [0, 0.05) is 15.7 Å². The fourth-order valence-electron chi connectivity index (χ4n) is 1.60. The highest BCUT2D eigenvalue weighted by molar-refractivity contribution is 9.10. The van der Waals surface area contributed by atoms with Crippen LogP contribution in [0.5, 0.6) is 0 Å². The highest BCUT2D eigenvalue weighted by Gasteiger charge is 2.14. The molecule has 0 radical (unpaired) electrons. The zero-order valence-corrected chi connectivity index (χ0v) is 13.0. The van der Waals surface area contributed by atoms with Gasteiger partial charge in [-0.05, 0) is 43.3 Å². The van der Waals surface area contributed by atoms with Gasteiger partial charge in [0.1, 0.15) is 0 Å². The molecule has 0 aromatic heterocycles. The fraction of sp³-hybridized carbons (Fsp3) is 0.0714. The van der Waals surface area contributed by atoms with E-state index in [0.29, 0.717) is 11.3 Å². The number of nitrogens with one attached hydrogen (secondary N) is 1. The molecular weight excluding hydrogens is 342 g/mol.